The minimum absolute atomic E-state index is 0.217. The topological polar surface area (TPSA) is 35.2 Å². The van der Waals surface area contributed by atoms with Crippen LogP contribution in [0.4, 0.5) is 10.1 Å². The number of methoxy groups -OCH3 is 1. The molecule has 1 aromatic rings. The van der Waals surface area contributed by atoms with Gasteiger partial charge in [-0.2, -0.15) is 11.8 Å². The van der Waals surface area contributed by atoms with Gasteiger partial charge in [-0.25, -0.2) is 4.39 Å². The Kier molecular flexibility index (Phi) is 4.76. The molecular formula is C10H14FNOS. The van der Waals surface area contributed by atoms with Gasteiger partial charge < -0.3 is 10.5 Å². The monoisotopic (exact) mass is 215 g/mol. The highest BCUT2D eigenvalue weighted by molar-refractivity contribution is 7.98. The highest BCUT2D eigenvalue weighted by atomic mass is 32.2. The fourth-order valence-corrected chi connectivity index (χ4v) is 1.91. The largest absolute Gasteiger partial charge is 0.396 e. The van der Waals surface area contributed by atoms with Crippen LogP contribution in [0.2, 0.25) is 0 Å². The van der Waals surface area contributed by atoms with Crippen molar-refractivity contribution in [2.24, 2.45) is 0 Å². The molecular weight excluding hydrogens is 201 g/mol. The van der Waals surface area contributed by atoms with Crippen molar-refractivity contribution in [1.82, 2.24) is 0 Å². The van der Waals surface area contributed by atoms with E-state index in [1.165, 1.54) is 0 Å². The third-order valence-electron chi connectivity index (χ3n) is 1.80. The van der Waals surface area contributed by atoms with E-state index in [-0.39, 0.29) is 11.5 Å². The van der Waals surface area contributed by atoms with Gasteiger partial charge >= 0.3 is 0 Å². The molecule has 2 nitrogen and oxygen atoms in total. The number of thioether (sulfide) groups is 1. The zero-order valence-corrected chi connectivity index (χ0v) is 8.94. The molecule has 0 aliphatic carbocycles. The molecule has 14 heavy (non-hydrogen) atoms. The lowest BCUT2D eigenvalue weighted by molar-refractivity contribution is 0.218. The molecule has 0 saturated heterocycles. The smallest absolute Gasteiger partial charge is 0.150 e. The Morgan fingerprint density at radius 1 is 1.50 bits per heavy atom. The third kappa shape index (κ3) is 3.20. The lowest BCUT2D eigenvalue weighted by Crippen LogP contribution is -1.97. The Labute approximate surface area is 87.6 Å². The van der Waals surface area contributed by atoms with E-state index >= 15 is 0 Å². The Morgan fingerprint density at radius 3 is 3.00 bits per heavy atom. The summed E-state index contributed by atoms with van der Waals surface area (Å²) < 4.78 is 18.2. The lowest BCUT2D eigenvalue weighted by atomic mass is 10.2. The molecule has 0 saturated carbocycles. The number of ether oxygens (including phenoxy) is 1. The van der Waals surface area contributed by atoms with E-state index in [0.29, 0.717) is 17.9 Å². The molecule has 0 amide bonds. The zero-order chi connectivity index (χ0) is 10.4. The summed E-state index contributed by atoms with van der Waals surface area (Å²) in [6, 6.07) is 5.09. The number of anilines is 1. The molecule has 0 spiro atoms. The van der Waals surface area contributed by atoms with E-state index in [1.807, 2.05) is 0 Å². The predicted octanol–water partition coefficient (Wildman–Crippen LogP) is 2.29. The van der Waals surface area contributed by atoms with Crippen molar-refractivity contribution in [2.45, 2.75) is 5.75 Å². The minimum Gasteiger partial charge on any atom is -0.396 e. The summed E-state index contributed by atoms with van der Waals surface area (Å²) in [6.07, 6.45) is 0. The van der Waals surface area contributed by atoms with Crippen molar-refractivity contribution in [3.63, 3.8) is 0 Å². The van der Waals surface area contributed by atoms with Crippen molar-refractivity contribution in [1.29, 1.82) is 0 Å². The Balaban J connectivity index is 2.46. The van der Waals surface area contributed by atoms with Gasteiger partial charge in [0.15, 0.2) is 0 Å². The molecule has 2 N–H and O–H groups in total. The van der Waals surface area contributed by atoms with Crippen molar-refractivity contribution in [3.8, 4) is 0 Å². The molecule has 0 radical (unpaired) electrons. The van der Waals surface area contributed by atoms with Crippen molar-refractivity contribution >= 4 is 17.4 Å². The van der Waals surface area contributed by atoms with Gasteiger partial charge in [0.25, 0.3) is 0 Å². The quantitative estimate of drug-likeness (QED) is 0.604. The summed E-state index contributed by atoms with van der Waals surface area (Å²) in [4.78, 5) is 0. The average Bonchev–Trinajstić information content (AvgIpc) is 2.19. The van der Waals surface area contributed by atoms with Crippen molar-refractivity contribution in [3.05, 3.63) is 29.6 Å². The summed E-state index contributed by atoms with van der Waals surface area (Å²) in [6.45, 7) is 0.689. The van der Waals surface area contributed by atoms with E-state index in [2.05, 4.69) is 0 Å². The van der Waals surface area contributed by atoms with Crippen LogP contribution in [0.25, 0.3) is 0 Å². The van der Waals surface area contributed by atoms with E-state index in [1.54, 1.807) is 37.1 Å². The van der Waals surface area contributed by atoms with E-state index in [0.717, 1.165) is 5.75 Å². The number of nitrogen functional groups attached to an aromatic ring is 1. The van der Waals surface area contributed by atoms with Gasteiger partial charge in [0.1, 0.15) is 5.82 Å². The first kappa shape index (κ1) is 11.3. The van der Waals surface area contributed by atoms with Crippen molar-refractivity contribution < 1.29 is 9.13 Å². The molecule has 0 atom stereocenters. The average molecular weight is 215 g/mol. The van der Waals surface area contributed by atoms with E-state index in [9.17, 15) is 4.39 Å². The maximum atomic E-state index is 13.3. The van der Waals surface area contributed by atoms with E-state index in [4.69, 9.17) is 10.5 Å². The van der Waals surface area contributed by atoms with Crippen LogP contribution >= 0.6 is 11.8 Å². The fourth-order valence-electron chi connectivity index (χ4n) is 1.04. The maximum absolute atomic E-state index is 13.3. The highest BCUT2D eigenvalue weighted by Gasteiger charge is 2.04. The highest BCUT2D eigenvalue weighted by Crippen LogP contribution is 2.19. The van der Waals surface area contributed by atoms with E-state index < -0.39 is 0 Å². The molecule has 0 fully saturated rings. The van der Waals surface area contributed by atoms with Gasteiger partial charge in [-0.15, -0.1) is 0 Å². The summed E-state index contributed by atoms with van der Waals surface area (Å²) in [5, 5.41) is 0. The molecule has 0 bridgehead atoms. The van der Waals surface area contributed by atoms with Crippen molar-refractivity contribution in [2.75, 3.05) is 25.2 Å². The number of benzene rings is 1. The zero-order valence-electron chi connectivity index (χ0n) is 8.13. The first-order chi connectivity index (χ1) is 6.75. The second-order valence-corrected chi connectivity index (χ2v) is 3.97. The Hall–Kier alpha value is -0.740. The number of rotatable bonds is 5. The first-order valence-corrected chi connectivity index (χ1v) is 5.50. The van der Waals surface area contributed by atoms with Gasteiger partial charge in [-0.05, 0) is 11.6 Å². The van der Waals surface area contributed by atoms with Crippen LogP contribution in [0.5, 0.6) is 0 Å². The number of halogens is 1. The number of hydrogen-bond acceptors (Lipinski definition) is 3. The van der Waals surface area contributed by atoms with Crippen LogP contribution in [-0.4, -0.2) is 19.5 Å². The molecule has 0 aliphatic rings. The Morgan fingerprint density at radius 2 is 2.29 bits per heavy atom. The van der Waals surface area contributed by atoms with Gasteiger partial charge in [-0.1, -0.05) is 12.1 Å². The van der Waals surface area contributed by atoms with Crippen LogP contribution in [0, 0.1) is 5.82 Å². The normalized spacial score (nSPS) is 10.4. The Bertz CT molecular complexity index is 293. The molecule has 0 heterocycles. The van der Waals surface area contributed by atoms with Gasteiger partial charge in [0, 0.05) is 18.6 Å². The molecule has 1 aromatic carbocycles. The summed E-state index contributed by atoms with van der Waals surface area (Å²) >= 11 is 1.63. The standard InChI is InChI=1S/C10H14FNOS/c1-13-5-6-14-7-8-3-2-4-9(12)10(8)11/h2-4H,5-7,12H2,1H3. The maximum Gasteiger partial charge on any atom is 0.150 e. The summed E-state index contributed by atoms with van der Waals surface area (Å²) in [5.41, 5.74) is 6.32. The minimum atomic E-state index is -0.294. The first-order valence-electron chi connectivity index (χ1n) is 4.35. The third-order valence-corrected chi connectivity index (χ3v) is 2.77. The SMILES string of the molecule is COCCSCc1cccc(N)c1F. The predicted molar refractivity (Wildman–Crippen MR) is 58.9 cm³/mol. The molecule has 0 aliphatic heterocycles. The van der Waals surface area contributed by atoms with Crippen LogP contribution in [0.1, 0.15) is 5.56 Å². The molecule has 1 rings (SSSR count). The lowest BCUT2D eigenvalue weighted by Gasteiger charge is -2.04. The van der Waals surface area contributed by atoms with Gasteiger partial charge in [0.2, 0.25) is 0 Å². The summed E-state index contributed by atoms with van der Waals surface area (Å²) in [5.74, 6) is 1.21. The molecule has 78 valence electrons. The number of hydrogen-bond donors (Lipinski definition) is 1. The fraction of sp³-hybridized carbons (Fsp3) is 0.400. The van der Waals surface area contributed by atoms with Crippen LogP contribution in [0.3, 0.4) is 0 Å². The van der Waals surface area contributed by atoms with Gasteiger partial charge in [0.05, 0.1) is 12.3 Å². The second kappa shape index (κ2) is 5.88. The van der Waals surface area contributed by atoms with Crippen LogP contribution in [-0.2, 0) is 10.5 Å². The van der Waals surface area contributed by atoms with Crippen LogP contribution < -0.4 is 5.73 Å². The van der Waals surface area contributed by atoms with Gasteiger partial charge in [-0.3, -0.25) is 0 Å². The van der Waals surface area contributed by atoms with Crippen LogP contribution in [0.15, 0.2) is 18.2 Å². The second-order valence-electron chi connectivity index (χ2n) is 2.87. The molecule has 0 unspecified atom stereocenters. The summed E-state index contributed by atoms with van der Waals surface area (Å²) in [7, 11) is 1.65. The number of nitrogens with two attached hydrogens (primary N) is 1. The molecule has 4 heteroatoms. The molecule has 0 aromatic heterocycles.